The highest BCUT2D eigenvalue weighted by molar-refractivity contribution is 5.65. The minimum absolute atomic E-state index is 0.0520. The number of nitrogens with two attached hydrogens (primary N) is 1. The average Bonchev–Trinajstić information content (AvgIpc) is 2.44. The van der Waals surface area contributed by atoms with Gasteiger partial charge >= 0.3 is 0 Å². The standard InChI is InChI=1S/C13H20N4O3/c14-12-10-11(2-3-13(12)17(18)19)15-4-1-5-16-6-8-20-9-7-16/h2-3,10,15H,1,4-9,14H2. The van der Waals surface area contributed by atoms with Gasteiger partial charge in [-0.1, -0.05) is 0 Å². The maximum absolute atomic E-state index is 10.7. The number of nitrogens with one attached hydrogen (secondary N) is 1. The van der Waals surface area contributed by atoms with Crippen molar-refractivity contribution in [1.29, 1.82) is 0 Å². The van der Waals surface area contributed by atoms with Gasteiger partial charge in [-0.05, 0) is 25.1 Å². The van der Waals surface area contributed by atoms with Gasteiger partial charge in [0, 0.05) is 31.4 Å². The maximum Gasteiger partial charge on any atom is 0.292 e. The predicted molar refractivity (Wildman–Crippen MR) is 77.9 cm³/mol. The lowest BCUT2D eigenvalue weighted by Crippen LogP contribution is -2.37. The van der Waals surface area contributed by atoms with Crippen molar-refractivity contribution in [3.63, 3.8) is 0 Å². The fourth-order valence-corrected chi connectivity index (χ4v) is 2.19. The third kappa shape index (κ3) is 4.07. The van der Waals surface area contributed by atoms with Crippen molar-refractivity contribution >= 4 is 17.1 Å². The zero-order chi connectivity index (χ0) is 14.4. The number of hydrogen-bond acceptors (Lipinski definition) is 6. The second-order valence-corrected chi connectivity index (χ2v) is 4.77. The number of hydrogen-bond donors (Lipinski definition) is 2. The van der Waals surface area contributed by atoms with Crippen LogP contribution in [0.1, 0.15) is 6.42 Å². The molecule has 0 spiro atoms. The van der Waals surface area contributed by atoms with Crippen LogP contribution in [0.15, 0.2) is 18.2 Å². The molecule has 0 unspecified atom stereocenters. The van der Waals surface area contributed by atoms with Crippen LogP contribution >= 0.6 is 0 Å². The van der Waals surface area contributed by atoms with Gasteiger partial charge in [-0.2, -0.15) is 0 Å². The van der Waals surface area contributed by atoms with Gasteiger partial charge in [0.05, 0.1) is 18.1 Å². The van der Waals surface area contributed by atoms with Crippen LogP contribution in [0.2, 0.25) is 0 Å². The van der Waals surface area contributed by atoms with Crippen LogP contribution in [0, 0.1) is 10.1 Å². The molecule has 0 bridgehead atoms. The molecule has 0 saturated carbocycles. The minimum Gasteiger partial charge on any atom is -0.393 e. The Labute approximate surface area is 117 Å². The van der Waals surface area contributed by atoms with E-state index >= 15 is 0 Å². The van der Waals surface area contributed by atoms with Gasteiger partial charge in [0.15, 0.2) is 0 Å². The van der Waals surface area contributed by atoms with E-state index in [9.17, 15) is 10.1 Å². The molecule has 2 rings (SSSR count). The van der Waals surface area contributed by atoms with E-state index in [2.05, 4.69) is 10.2 Å². The second kappa shape index (κ2) is 7.06. The first kappa shape index (κ1) is 14.5. The minimum atomic E-state index is -0.475. The van der Waals surface area contributed by atoms with Gasteiger partial charge in [-0.25, -0.2) is 0 Å². The number of morpholine rings is 1. The number of nitrogen functional groups attached to an aromatic ring is 1. The lowest BCUT2D eigenvalue weighted by atomic mass is 10.2. The lowest BCUT2D eigenvalue weighted by molar-refractivity contribution is -0.383. The van der Waals surface area contributed by atoms with Crippen molar-refractivity contribution in [3.8, 4) is 0 Å². The highest BCUT2D eigenvalue weighted by Crippen LogP contribution is 2.24. The molecule has 3 N–H and O–H groups in total. The number of nitro groups is 1. The highest BCUT2D eigenvalue weighted by Gasteiger charge is 2.11. The van der Waals surface area contributed by atoms with E-state index in [1.807, 2.05) is 0 Å². The van der Waals surface area contributed by atoms with Gasteiger partial charge in [-0.3, -0.25) is 15.0 Å². The van der Waals surface area contributed by atoms with Crippen molar-refractivity contribution in [1.82, 2.24) is 4.90 Å². The summed E-state index contributed by atoms with van der Waals surface area (Å²) in [5.41, 5.74) is 6.59. The molecule has 7 nitrogen and oxygen atoms in total. The van der Waals surface area contributed by atoms with Crippen LogP contribution < -0.4 is 11.1 Å². The summed E-state index contributed by atoms with van der Waals surface area (Å²) in [4.78, 5) is 12.6. The Hall–Kier alpha value is -1.86. The van der Waals surface area contributed by atoms with E-state index in [0.29, 0.717) is 0 Å². The van der Waals surface area contributed by atoms with Crippen molar-refractivity contribution < 1.29 is 9.66 Å². The first-order chi connectivity index (χ1) is 9.66. The quantitative estimate of drug-likeness (QED) is 0.353. The van der Waals surface area contributed by atoms with E-state index in [1.165, 1.54) is 6.07 Å². The van der Waals surface area contributed by atoms with Crippen LogP contribution in [0.25, 0.3) is 0 Å². The molecule has 1 heterocycles. The Bertz CT molecular complexity index is 461. The molecular formula is C13H20N4O3. The third-order valence-electron chi connectivity index (χ3n) is 3.31. The third-order valence-corrected chi connectivity index (χ3v) is 3.31. The average molecular weight is 280 g/mol. The Balaban J connectivity index is 1.73. The smallest absolute Gasteiger partial charge is 0.292 e. The topological polar surface area (TPSA) is 93.7 Å². The molecule has 20 heavy (non-hydrogen) atoms. The van der Waals surface area contributed by atoms with E-state index in [4.69, 9.17) is 10.5 Å². The molecule has 1 aromatic carbocycles. The predicted octanol–water partition coefficient (Wildman–Crippen LogP) is 1.31. The van der Waals surface area contributed by atoms with E-state index in [1.54, 1.807) is 12.1 Å². The molecule has 110 valence electrons. The summed E-state index contributed by atoms with van der Waals surface area (Å²) < 4.78 is 5.29. The molecule has 1 fully saturated rings. The van der Waals surface area contributed by atoms with E-state index < -0.39 is 4.92 Å². The fraction of sp³-hybridized carbons (Fsp3) is 0.538. The summed E-state index contributed by atoms with van der Waals surface area (Å²) in [5, 5.41) is 13.9. The lowest BCUT2D eigenvalue weighted by Gasteiger charge is -2.26. The summed E-state index contributed by atoms with van der Waals surface area (Å²) in [7, 11) is 0. The van der Waals surface area contributed by atoms with Gasteiger partial charge in [0.2, 0.25) is 0 Å². The fourth-order valence-electron chi connectivity index (χ4n) is 2.19. The Morgan fingerprint density at radius 1 is 1.40 bits per heavy atom. The number of rotatable bonds is 6. The first-order valence-corrected chi connectivity index (χ1v) is 6.75. The molecule has 0 atom stereocenters. The van der Waals surface area contributed by atoms with Crippen LogP contribution in [0.3, 0.4) is 0 Å². The molecule has 0 radical (unpaired) electrons. The molecule has 0 aliphatic carbocycles. The summed E-state index contributed by atoms with van der Waals surface area (Å²) >= 11 is 0. The van der Waals surface area contributed by atoms with Crippen LogP contribution in [-0.4, -0.2) is 49.2 Å². The Morgan fingerprint density at radius 3 is 2.80 bits per heavy atom. The van der Waals surface area contributed by atoms with Crippen LogP contribution in [-0.2, 0) is 4.74 Å². The zero-order valence-electron chi connectivity index (χ0n) is 11.4. The summed E-state index contributed by atoms with van der Waals surface area (Å²) in [6, 6.07) is 4.72. The monoisotopic (exact) mass is 280 g/mol. The largest absolute Gasteiger partial charge is 0.393 e. The second-order valence-electron chi connectivity index (χ2n) is 4.77. The molecule has 1 aromatic rings. The Kier molecular flexibility index (Phi) is 5.14. The summed E-state index contributed by atoms with van der Waals surface area (Å²) in [6.45, 7) is 5.45. The first-order valence-electron chi connectivity index (χ1n) is 6.75. The molecule has 1 saturated heterocycles. The van der Waals surface area contributed by atoms with Gasteiger partial charge < -0.3 is 15.8 Å². The molecule has 0 amide bonds. The number of ether oxygens (including phenoxy) is 1. The highest BCUT2D eigenvalue weighted by atomic mass is 16.6. The number of anilines is 2. The van der Waals surface area contributed by atoms with Crippen molar-refractivity contribution in [2.45, 2.75) is 6.42 Å². The number of benzene rings is 1. The van der Waals surface area contributed by atoms with E-state index in [0.717, 1.165) is 51.5 Å². The molecule has 7 heteroatoms. The van der Waals surface area contributed by atoms with Crippen molar-refractivity contribution in [2.24, 2.45) is 0 Å². The normalized spacial score (nSPS) is 16.0. The maximum atomic E-state index is 10.7. The number of nitro benzene ring substituents is 1. The summed E-state index contributed by atoms with van der Waals surface area (Å²) in [5.74, 6) is 0. The molecule has 1 aliphatic heterocycles. The molecule has 0 aromatic heterocycles. The zero-order valence-corrected chi connectivity index (χ0v) is 11.4. The van der Waals surface area contributed by atoms with Crippen LogP contribution in [0.5, 0.6) is 0 Å². The summed E-state index contributed by atoms with van der Waals surface area (Å²) in [6.07, 6.45) is 1.01. The number of nitrogens with zero attached hydrogens (tertiary/aromatic N) is 2. The van der Waals surface area contributed by atoms with Gasteiger partial charge in [0.1, 0.15) is 5.69 Å². The van der Waals surface area contributed by atoms with Crippen molar-refractivity contribution in [3.05, 3.63) is 28.3 Å². The van der Waals surface area contributed by atoms with Gasteiger partial charge in [-0.15, -0.1) is 0 Å². The van der Waals surface area contributed by atoms with E-state index in [-0.39, 0.29) is 11.4 Å². The molecule has 1 aliphatic rings. The van der Waals surface area contributed by atoms with Gasteiger partial charge in [0.25, 0.3) is 5.69 Å². The Morgan fingerprint density at radius 2 is 2.15 bits per heavy atom. The SMILES string of the molecule is Nc1cc(NCCCN2CCOCC2)ccc1[N+](=O)[O-]. The van der Waals surface area contributed by atoms with Crippen LogP contribution in [0.4, 0.5) is 17.1 Å². The van der Waals surface area contributed by atoms with Crippen molar-refractivity contribution in [2.75, 3.05) is 50.4 Å². The molecular weight excluding hydrogens is 260 g/mol.